The summed E-state index contributed by atoms with van der Waals surface area (Å²) in [7, 11) is 0. The maximum Gasteiger partial charge on any atom is 0.138 e. The minimum Gasteiger partial charge on any atom is -0.489 e. The van der Waals surface area contributed by atoms with E-state index in [1.807, 2.05) is 30.5 Å². The maximum absolute atomic E-state index is 6.12. The number of hydrogen-bond acceptors (Lipinski definition) is 3. The van der Waals surface area contributed by atoms with Gasteiger partial charge in [0.2, 0.25) is 0 Å². The van der Waals surface area contributed by atoms with E-state index in [2.05, 4.69) is 14.9 Å². The first-order chi connectivity index (χ1) is 9.81. The van der Waals surface area contributed by atoms with E-state index in [1.54, 1.807) is 6.20 Å². The average molecular weight is 292 g/mol. The number of hydrogen-bond donors (Lipinski definition) is 1. The molecule has 3 rings (SSSR count). The standard InChI is InChI=1S/C15H18ClN3O/c16-13-3-1-2-4-14(13)20-12-5-9-19(10-6-12)11-15-17-7-8-18-15/h1-4,7-8,12H,5-6,9-11H2,(H,17,18). The average Bonchev–Trinajstić information content (AvgIpc) is 2.96. The van der Waals surface area contributed by atoms with Crippen molar-refractivity contribution in [2.24, 2.45) is 0 Å². The van der Waals surface area contributed by atoms with Crippen molar-refractivity contribution in [3.63, 3.8) is 0 Å². The number of para-hydroxylation sites is 1. The predicted octanol–water partition coefficient (Wildman–Crippen LogP) is 3.11. The summed E-state index contributed by atoms with van der Waals surface area (Å²) in [5, 5.41) is 0.686. The SMILES string of the molecule is Clc1ccccc1OC1CCN(Cc2ncc[nH]2)CC1. The van der Waals surface area contributed by atoms with E-state index in [1.165, 1.54) is 0 Å². The van der Waals surface area contributed by atoms with Crippen LogP contribution in [0.4, 0.5) is 0 Å². The van der Waals surface area contributed by atoms with Gasteiger partial charge in [0.1, 0.15) is 17.7 Å². The highest BCUT2D eigenvalue weighted by molar-refractivity contribution is 6.32. The summed E-state index contributed by atoms with van der Waals surface area (Å²) in [6.07, 6.45) is 5.95. The van der Waals surface area contributed by atoms with Crippen molar-refractivity contribution in [2.45, 2.75) is 25.5 Å². The third-order valence-corrected chi connectivity index (χ3v) is 3.91. The van der Waals surface area contributed by atoms with Gasteiger partial charge in [0.05, 0.1) is 11.6 Å². The predicted molar refractivity (Wildman–Crippen MR) is 79.0 cm³/mol. The molecule has 0 atom stereocenters. The number of nitrogens with one attached hydrogen (secondary N) is 1. The highest BCUT2D eigenvalue weighted by atomic mass is 35.5. The lowest BCUT2D eigenvalue weighted by atomic mass is 10.1. The van der Waals surface area contributed by atoms with Crippen LogP contribution in [-0.2, 0) is 6.54 Å². The van der Waals surface area contributed by atoms with E-state index in [-0.39, 0.29) is 6.10 Å². The molecule has 1 fully saturated rings. The summed E-state index contributed by atoms with van der Waals surface area (Å²) in [6, 6.07) is 7.66. The number of rotatable bonds is 4. The number of imidazole rings is 1. The van der Waals surface area contributed by atoms with Gasteiger partial charge in [-0.3, -0.25) is 4.90 Å². The van der Waals surface area contributed by atoms with E-state index in [0.717, 1.165) is 44.0 Å². The number of ether oxygens (including phenoxy) is 1. The monoisotopic (exact) mass is 291 g/mol. The maximum atomic E-state index is 6.12. The van der Waals surface area contributed by atoms with Crippen molar-refractivity contribution in [1.82, 2.24) is 14.9 Å². The summed E-state index contributed by atoms with van der Waals surface area (Å²) < 4.78 is 5.99. The minimum absolute atomic E-state index is 0.253. The Morgan fingerprint density at radius 1 is 1.30 bits per heavy atom. The Hall–Kier alpha value is -1.52. The normalized spacial score (nSPS) is 17.2. The van der Waals surface area contributed by atoms with Gasteiger partial charge in [-0.2, -0.15) is 0 Å². The number of aromatic amines is 1. The Morgan fingerprint density at radius 3 is 2.80 bits per heavy atom. The highest BCUT2D eigenvalue weighted by Gasteiger charge is 2.21. The number of nitrogens with zero attached hydrogens (tertiary/aromatic N) is 2. The molecule has 1 aromatic heterocycles. The topological polar surface area (TPSA) is 41.1 Å². The molecule has 0 bridgehead atoms. The van der Waals surface area contributed by atoms with Gasteiger partial charge in [0, 0.05) is 25.5 Å². The number of piperidine rings is 1. The van der Waals surface area contributed by atoms with Crippen LogP contribution in [0, 0.1) is 0 Å². The van der Waals surface area contributed by atoms with Gasteiger partial charge in [0.15, 0.2) is 0 Å². The van der Waals surface area contributed by atoms with E-state index in [9.17, 15) is 0 Å². The number of H-pyrrole nitrogens is 1. The first-order valence-corrected chi connectivity index (χ1v) is 7.31. The second-order valence-corrected chi connectivity index (χ2v) is 5.47. The van der Waals surface area contributed by atoms with Crippen LogP contribution >= 0.6 is 11.6 Å². The second kappa shape index (κ2) is 6.29. The Morgan fingerprint density at radius 2 is 2.10 bits per heavy atom. The van der Waals surface area contributed by atoms with Crippen molar-refractivity contribution in [3.05, 3.63) is 47.5 Å². The molecule has 0 unspecified atom stereocenters. The number of benzene rings is 1. The Labute approximate surface area is 123 Å². The molecule has 0 amide bonds. The van der Waals surface area contributed by atoms with Gasteiger partial charge in [-0.15, -0.1) is 0 Å². The van der Waals surface area contributed by atoms with Gasteiger partial charge in [-0.25, -0.2) is 4.98 Å². The molecule has 5 heteroatoms. The van der Waals surface area contributed by atoms with Crippen LogP contribution in [-0.4, -0.2) is 34.1 Å². The molecule has 0 spiro atoms. The molecular formula is C15H18ClN3O. The third kappa shape index (κ3) is 3.32. The van der Waals surface area contributed by atoms with Gasteiger partial charge < -0.3 is 9.72 Å². The van der Waals surface area contributed by atoms with Gasteiger partial charge in [-0.1, -0.05) is 23.7 Å². The Bertz CT molecular complexity index is 536. The summed E-state index contributed by atoms with van der Waals surface area (Å²) in [5.41, 5.74) is 0. The first kappa shape index (κ1) is 13.5. The van der Waals surface area contributed by atoms with Gasteiger partial charge in [0.25, 0.3) is 0 Å². The Kier molecular flexibility index (Phi) is 4.23. The van der Waals surface area contributed by atoms with Crippen LogP contribution in [0.25, 0.3) is 0 Å². The van der Waals surface area contributed by atoms with Crippen LogP contribution in [0.15, 0.2) is 36.7 Å². The number of halogens is 1. The van der Waals surface area contributed by atoms with Crippen LogP contribution in [0.5, 0.6) is 5.75 Å². The molecule has 0 aliphatic carbocycles. The molecule has 20 heavy (non-hydrogen) atoms. The van der Waals surface area contributed by atoms with E-state index in [0.29, 0.717) is 5.02 Å². The van der Waals surface area contributed by atoms with Crippen LogP contribution in [0.1, 0.15) is 18.7 Å². The lowest BCUT2D eigenvalue weighted by Crippen LogP contribution is -2.38. The summed E-state index contributed by atoms with van der Waals surface area (Å²) in [4.78, 5) is 9.80. The van der Waals surface area contributed by atoms with Crippen molar-refractivity contribution in [1.29, 1.82) is 0 Å². The molecule has 106 valence electrons. The zero-order chi connectivity index (χ0) is 13.8. The zero-order valence-electron chi connectivity index (χ0n) is 11.3. The van der Waals surface area contributed by atoms with E-state index in [4.69, 9.17) is 16.3 Å². The molecule has 0 saturated carbocycles. The molecule has 4 nitrogen and oxygen atoms in total. The number of likely N-dealkylation sites (tertiary alicyclic amines) is 1. The second-order valence-electron chi connectivity index (χ2n) is 5.06. The fourth-order valence-corrected chi connectivity index (χ4v) is 2.68. The summed E-state index contributed by atoms with van der Waals surface area (Å²) in [6.45, 7) is 2.93. The van der Waals surface area contributed by atoms with Crippen LogP contribution in [0.2, 0.25) is 5.02 Å². The summed E-state index contributed by atoms with van der Waals surface area (Å²) >= 11 is 6.12. The van der Waals surface area contributed by atoms with Crippen molar-refractivity contribution >= 4 is 11.6 Å². The lowest BCUT2D eigenvalue weighted by molar-refractivity contribution is 0.0956. The lowest BCUT2D eigenvalue weighted by Gasteiger charge is -2.31. The molecule has 1 saturated heterocycles. The fourth-order valence-electron chi connectivity index (χ4n) is 2.50. The summed E-state index contributed by atoms with van der Waals surface area (Å²) in [5.74, 6) is 1.81. The van der Waals surface area contributed by atoms with Gasteiger partial charge >= 0.3 is 0 Å². The third-order valence-electron chi connectivity index (χ3n) is 3.59. The molecule has 2 aromatic rings. The van der Waals surface area contributed by atoms with Gasteiger partial charge in [-0.05, 0) is 25.0 Å². The quantitative estimate of drug-likeness (QED) is 0.941. The molecule has 0 radical (unpaired) electrons. The largest absolute Gasteiger partial charge is 0.489 e. The Balaban J connectivity index is 1.50. The number of aromatic nitrogens is 2. The molecule has 1 aromatic carbocycles. The van der Waals surface area contributed by atoms with E-state index >= 15 is 0 Å². The minimum atomic E-state index is 0.253. The molecule has 1 aliphatic heterocycles. The van der Waals surface area contributed by atoms with Crippen molar-refractivity contribution in [3.8, 4) is 5.75 Å². The zero-order valence-corrected chi connectivity index (χ0v) is 12.0. The smallest absolute Gasteiger partial charge is 0.138 e. The molecule has 1 N–H and O–H groups in total. The van der Waals surface area contributed by atoms with Crippen LogP contribution < -0.4 is 4.74 Å². The first-order valence-electron chi connectivity index (χ1n) is 6.93. The van der Waals surface area contributed by atoms with Crippen molar-refractivity contribution in [2.75, 3.05) is 13.1 Å². The molecule has 2 heterocycles. The van der Waals surface area contributed by atoms with E-state index < -0.39 is 0 Å². The fraction of sp³-hybridized carbons (Fsp3) is 0.400. The van der Waals surface area contributed by atoms with Crippen molar-refractivity contribution < 1.29 is 4.74 Å². The highest BCUT2D eigenvalue weighted by Crippen LogP contribution is 2.26. The molecular weight excluding hydrogens is 274 g/mol. The molecule has 1 aliphatic rings. The van der Waals surface area contributed by atoms with Crippen LogP contribution in [0.3, 0.4) is 0 Å².